The fourth-order valence-corrected chi connectivity index (χ4v) is 1.24. The number of rotatable bonds is 2. The average molecular weight is 167 g/mol. The zero-order chi connectivity index (χ0) is 9.19. The summed E-state index contributed by atoms with van der Waals surface area (Å²) in [6.07, 6.45) is 5.94. The van der Waals surface area contributed by atoms with Gasteiger partial charge in [-0.05, 0) is 31.9 Å². The Morgan fingerprint density at radius 3 is 2.67 bits per heavy atom. The molecule has 0 fully saturated rings. The largest absolute Gasteiger partial charge is 0.498 e. The summed E-state index contributed by atoms with van der Waals surface area (Å²) in [6, 6.07) is 0. The molecule has 1 aliphatic rings. The van der Waals surface area contributed by atoms with Crippen molar-refractivity contribution in [2.24, 2.45) is 5.92 Å². The van der Waals surface area contributed by atoms with Crippen LogP contribution in [0.2, 0.25) is 0 Å². The minimum atomic E-state index is -0.414. The van der Waals surface area contributed by atoms with Crippen molar-refractivity contribution in [1.29, 1.82) is 0 Å². The van der Waals surface area contributed by atoms with Gasteiger partial charge in [0, 0.05) is 7.11 Å². The van der Waals surface area contributed by atoms with Crippen molar-refractivity contribution < 1.29 is 9.47 Å². The van der Waals surface area contributed by atoms with Crippen molar-refractivity contribution in [1.82, 2.24) is 0 Å². The molecule has 0 heterocycles. The van der Waals surface area contributed by atoms with Crippen LogP contribution in [-0.2, 0) is 9.47 Å². The monoisotopic (exact) mass is 167 g/mol. The molecule has 0 N–H and O–H groups in total. The van der Waals surface area contributed by atoms with E-state index in [1.54, 1.807) is 14.2 Å². The molecule has 0 aromatic heterocycles. The lowest BCUT2D eigenvalue weighted by Gasteiger charge is -2.30. The predicted octanol–water partition coefficient (Wildman–Crippen LogP) is 1.94. The van der Waals surface area contributed by atoms with Gasteiger partial charge in [0.05, 0.1) is 7.11 Å². The second-order valence-electron chi connectivity index (χ2n) is 3.07. The summed E-state index contributed by atoms with van der Waals surface area (Å²) in [6.45, 7) is 5.86. The zero-order valence-corrected chi connectivity index (χ0v) is 7.83. The van der Waals surface area contributed by atoms with E-state index in [-0.39, 0.29) is 5.92 Å². The molecular weight excluding hydrogens is 152 g/mol. The normalized spacial score (nSPS) is 34.7. The SMILES string of the molecule is [CH2]C1C=CC(C)(OC)C(OC)=C1. The summed E-state index contributed by atoms with van der Waals surface area (Å²) in [5, 5.41) is 0. The zero-order valence-electron chi connectivity index (χ0n) is 7.83. The van der Waals surface area contributed by atoms with Gasteiger partial charge in [0.25, 0.3) is 0 Å². The highest BCUT2D eigenvalue weighted by Gasteiger charge is 2.29. The van der Waals surface area contributed by atoms with Crippen molar-refractivity contribution in [3.63, 3.8) is 0 Å². The standard InChI is InChI=1S/C10H15O2/c1-8-5-6-10(2,12-4)9(7-8)11-3/h5-8H,1H2,2-4H3. The smallest absolute Gasteiger partial charge is 0.139 e. The summed E-state index contributed by atoms with van der Waals surface area (Å²) in [4.78, 5) is 0. The molecule has 2 heteroatoms. The third-order valence-corrected chi connectivity index (χ3v) is 2.16. The molecule has 0 saturated heterocycles. The summed E-state index contributed by atoms with van der Waals surface area (Å²) in [5.74, 6) is 1.01. The Labute approximate surface area is 73.9 Å². The third-order valence-electron chi connectivity index (χ3n) is 2.16. The molecule has 67 valence electrons. The van der Waals surface area contributed by atoms with Crippen LogP contribution in [0.15, 0.2) is 24.0 Å². The molecule has 1 aliphatic carbocycles. The van der Waals surface area contributed by atoms with Gasteiger partial charge in [-0.15, -0.1) is 0 Å². The lowest BCUT2D eigenvalue weighted by molar-refractivity contribution is 0.0295. The molecule has 0 spiro atoms. The molecule has 0 saturated carbocycles. The van der Waals surface area contributed by atoms with Gasteiger partial charge in [-0.3, -0.25) is 0 Å². The summed E-state index contributed by atoms with van der Waals surface area (Å²) < 4.78 is 10.5. The van der Waals surface area contributed by atoms with Crippen LogP contribution >= 0.6 is 0 Å². The number of hydrogen-bond donors (Lipinski definition) is 0. The fraction of sp³-hybridized carbons (Fsp3) is 0.500. The summed E-state index contributed by atoms with van der Waals surface area (Å²) >= 11 is 0. The van der Waals surface area contributed by atoms with Gasteiger partial charge in [-0.25, -0.2) is 0 Å². The lowest BCUT2D eigenvalue weighted by atomic mass is 9.93. The maximum atomic E-state index is 5.32. The molecule has 0 aliphatic heterocycles. The van der Waals surface area contributed by atoms with E-state index in [1.807, 2.05) is 25.2 Å². The van der Waals surface area contributed by atoms with Crippen molar-refractivity contribution in [3.8, 4) is 0 Å². The highest BCUT2D eigenvalue weighted by atomic mass is 16.5. The minimum Gasteiger partial charge on any atom is -0.498 e. The maximum absolute atomic E-state index is 5.32. The lowest BCUT2D eigenvalue weighted by Crippen LogP contribution is -2.30. The molecule has 2 nitrogen and oxygen atoms in total. The van der Waals surface area contributed by atoms with Gasteiger partial charge in [0.1, 0.15) is 11.4 Å². The molecule has 0 amide bonds. The van der Waals surface area contributed by atoms with E-state index >= 15 is 0 Å². The van der Waals surface area contributed by atoms with Crippen LogP contribution in [-0.4, -0.2) is 19.8 Å². The van der Waals surface area contributed by atoms with Crippen molar-refractivity contribution in [2.75, 3.05) is 14.2 Å². The molecule has 0 aromatic carbocycles. The summed E-state index contributed by atoms with van der Waals surface area (Å²) in [7, 11) is 3.32. The highest BCUT2D eigenvalue weighted by molar-refractivity contribution is 5.27. The number of allylic oxidation sites excluding steroid dienone is 2. The minimum absolute atomic E-state index is 0.183. The Hall–Kier alpha value is -0.760. The van der Waals surface area contributed by atoms with Gasteiger partial charge >= 0.3 is 0 Å². The molecule has 1 radical (unpaired) electrons. The van der Waals surface area contributed by atoms with Gasteiger partial charge in [-0.2, -0.15) is 0 Å². The van der Waals surface area contributed by atoms with Crippen molar-refractivity contribution in [2.45, 2.75) is 12.5 Å². The van der Waals surface area contributed by atoms with E-state index in [1.165, 1.54) is 0 Å². The highest BCUT2D eigenvalue weighted by Crippen LogP contribution is 2.28. The van der Waals surface area contributed by atoms with Crippen LogP contribution in [0.25, 0.3) is 0 Å². The predicted molar refractivity (Wildman–Crippen MR) is 48.5 cm³/mol. The van der Waals surface area contributed by atoms with Crippen LogP contribution in [0, 0.1) is 12.8 Å². The van der Waals surface area contributed by atoms with Crippen molar-refractivity contribution >= 4 is 0 Å². The van der Waals surface area contributed by atoms with E-state index in [2.05, 4.69) is 6.92 Å². The fourth-order valence-electron chi connectivity index (χ4n) is 1.24. The molecule has 0 bridgehead atoms. The van der Waals surface area contributed by atoms with Gasteiger partial charge in [0.15, 0.2) is 0 Å². The maximum Gasteiger partial charge on any atom is 0.139 e. The van der Waals surface area contributed by atoms with Gasteiger partial charge in [-0.1, -0.05) is 6.08 Å². The van der Waals surface area contributed by atoms with Crippen LogP contribution in [0.5, 0.6) is 0 Å². The average Bonchev–Trinajstić information content (AvgIpc) is 2.09. The van der Waals surface area contributed by atoms with E-state index in [0.717, 1.165) is 5.76 Å². The van der Waals surface area contributed by atoms with Gasteiger partial charge in [0.2, 0.25) is 0 Å². The van der Waals surface area contributed by atoms with Crippen molar-refractivity contribution in [3.05, 3.63) is 30.9 Å². The van der Waals surface area contributed by atoms with E-state index in [0.29, 0.717) is 0 Å². The Morgan fingerprint density at radius 1 is 1.50 bits per heavy atom. The van der Waals surface area contributed by atoms with E-state index in [9.17, 15) is 0 Å². The Morgan fingerprint density at radius 2 is 2.17 bits per heavy atom. The van der Waals surface area contributed by atoms with Crippen LogP contribution in [0.3, 0.4) is 0 Å². The second-order valence-corrected chi connectivity index (χ2v) is 3.07. The first-order chi connectivity index (χ1) is 5.62. The first-order valence-electron chi connectivity index (χ1n) is 3.96. The number of ether oxygens (including phenoxy) is 2. The van der Waals surface area contributed by atoms with Crippen LogP contribution in [0.1, 0.15) is 6.92 Å². The molecule has 2 unspecified atom stereocenters. The molecule has 2 atom stereocenters. The molecule has 0 aromatic rings. The first kappa shape index (κ1) is 9.33. The number of methoxy groups -OCH3 is 2. The van der Waals surface area contributed by atoms with Gasteiger partial charge < -0.3 is 9.47 Å². The quantitative estimate of drug-likeness (QED) is 0.585. The second kappa shape index (κ2) is 3.31. The van der Waals surface area contributed by atoms with Crippen LogP contribution in [0.4, 0.5) is 0 Å². The Bertz CT molecular complexity index is 218. The Balaban J connectivity index is 2.90. The summed E-state index contributed by atoms with van der Waals surface area (Å²) in [5.41, 5.74) is -0.414. The van der Waals surface area contributed by atoms with E-state index < -0.39 is 5.60 Å². The Kier molecular flexibility index (Phi) is 2.58. The molecule has 12 heavy (non-hydrogen) atoms. The first-order valence-corrected chi connectivity index (χ1v) is 3.96. The third kappa shape index (κ3) is 1.53. The van der Waals surface area contributed by atoms with E-state index in [4.69, 9.17) is 9.47 Å². The topological polar surface area (TPSA) is 18.5 Å². The molecular formula is C10H15O2. The van der Waals surface area contributed by atoms with Crippen LogP contribution < -0.4 is 0 Å². The number of hydrogen-bond acceptors (Lipinski definition) is 2. The molecule has 1 rings (SSSR count).